The molecule has 1 heterocycles. The van der Waals surface area contributed by atoms with Gasteiger partial charge in [-0.2, -0.15) is 0 Å². The maximum atomic E-state index is 13.0. The summed E-state index contributed by atoms with van der Waals surface area (Å²) in [5.41, 5.74) is 2.83. The summed E-state index contributed by atoms with van der Waals surface area (Å²) in [5, 5.41) is 2.25. The Hall–Kier alpha value is -3.41. The van der Waals surface area contributed by atoms with Crippen molar-refractivity contribution in [2.24, 2.45) is 0 Å². The van der Waals surface area contributed by atoms with Crippen LogP contribution in [0.3, 0.4) is 0 Å². The second-order valence-electron chi connectivity index (χ2n) is 7.21. The van der Waals surface area contributed by atoms with Gasteiger partial charge in [0.15, 0.2) is 0 Å². The lowest BCUT2D eigenvalue weighted by Gasteiger charge is -2.27. The van der Waals surface area contributed by atoms with E-state index >= 15 is 0 Å². The molecule has 0 bridgehead atoms. The number of hydrogen-bond donors (Lipinski definition) is 1. The van der Waals surface area contributed by atoms with Crippen molar-refractivity contribution >= 4 is 29.6 Å². The predicted molar refractivity (Wildman–Crippen MR) is 112 cm³/mol. The van der Waals surface area contributed by atoms with Crippen LogP contribution in [0.1, 0.15) is 37.0 Å². The van der Waals surface area contributed by atoms with E-state index in [1.54, 1.807) is 36.4 Å². The lowest BCUT2D eigenvalue weighted by atomic mass is 10.1. The summed E-state index contributed by atoms with van der Waals surface area (Å²) in [4.78, 5) is 38.6. The molecule has 1 saturated heterocycles. The van der Waals surface area contributed by atoms with E-state index in [9.17, 15) is 14.4 Å². The highest BCUT2D eigenvalue weighted by Gasteiger charge is 2.36. The van der Waals surface area contributed by atoms with Crippen LogP contribution < -0.4 is 15.0 Å². The molecule has 1 aliphatic rings. The molecule has 0 radical (unpaired) electrons. The zero-order valence-electron chi connectivity index (χ0n) is 17.0. The highest BCUT2D eigenvalue weighted by Crippen LogP contribution is 2.25. The van der Waals surface area contributed by atoms with Gasteiger partial charge < -0.3 is 4.74 Å². The van der Waals surface area contributed by atoms with E-state index in [0.717, 1.165) is 22.4 Å². The molecule has 2 aromatic carbocycles. The van der Waals surface area contributed by atoms with Crippen LogP contribution in [-0.2, 0) is 9.59 Å². The Labute approximate surface area is 170 Å². The molecule has 0 spiro atoms. The second-order valence-corrected chi connectivity index (χ2v) is 7.21. The topological polar surface area (TPSA) is 75.7 Å². The van der Waals surface area contributed by atoms with E-state index in [1.807, 2.05) is 33.8 Å². The third-order valence-corrected chi connectivity index (χ3v) is 4.67. The number of aryl methyl sites for hydroxylation is 2. The van der Waals surface area contributed by atoms with E-state index in [1.165, 1.54) is 6.08 Å². The number of nitrogens with one attached hydrogen (secondary N) is 1. The van der Waals surface area contributed by atoms with Crippen molar-refractivity contribution in [2.75, 3.05) is 4.90 Å². The normalized spacial score (nSPS) is 16.8. The first kappa shape index (κ1) is 20.3. The number of imide groups is 2. The van der Waals surface area contributed by atoms with E-state index in [-0.39, 0.29) is 11.7 Å². The molecule has 1 N–H and O–H groups in total. The first-order chi connectivity index (χ1) is 13.8. The number of rotatable bonds is 5. The Kier molecular flexibility index (Phi) is 5.82. The summed E-state index contributed by atoms with van der Waals surface area (Å²) in [7, 11) is 0. The Balaban J connectivity index is 1.91. The minimum Gasteiger partial charge on any atom is -0.491 e. The minimum atomic E-state index is -0.751. The molecule has 150 valence electrons. The van der Waals surface area contributed by atoms with Crippen LogP contribution in [0.2, 0.25) is 0 Å². The van der Waals surface area contributed by atoms with Crippen LogP contribution in [0.15, 0.2) is 48.0 Å². The largest absolute Gasteiger partial charge is 0.491 e. The Bertz CT molecular complexity index is 972. The number of nitrogens with zero attached hydrogens (tertiary/aromatic N) is 1. The molecule has 0 aliphatic carbocycles. The number of anilines is 1. The first-order valence-electron chi connectivity index (χ1n) is 9.55. The molecule has 0 saturated carbocycles. The van der Waals surface area contributed by atoms with Gasteiger partial charge in [0.1, 0.15) is 11.3 Å². The van der Waals surface area contributed by atoms with E-state index < -0.39 is 17.8 Å². The monoisotopic (exact) mass is 392 g/mol. The number of carbonyl (C=O) groups is 3. The molecule has 3 rings (SSSR count). The Morgan fingerprint density at radius 3 is 2.24 bits per heavy atom. The summed E-state index contributed by atoms with van der Waals surface area (Å²) in [6.07, 6.45) is 2.47. The average molecular weight is 392 g/mol. The average Bonchev–Trinajstić information content (AvgIpc) is 2.65. The SMILES string of the molecule is CC[C@@H](C)Oc1ccc(/C=C2\C(=O)NC(=O)N(c3cc(C)cc(C)c3)C2=O)cc1. The molecule has 0 aromatic heterocycles. The van der Waals surface area contributed by atoms with E-state index in [4.69, 9.17) is 4.74 Å². The van der Waals surface area contributed by atoms with Gasteiger partial charge in [0.05, 0.1) is 11.8 Å². The number of hydrogen-bond acceptors (Lipinski definition) is 4. The van der Waals surface area contributed by atoms with Gasteiger partial charge in [0, 0.05) is 0 Å². The van der Waals surface area contributed by atoms with Gasteiger partial charge >= 0.3 is 6.03 Å². The summed E-state index contributed by atoms with van der Waals surface area (Å²) >= 11 is 0. The number of carbonyl (C=O) groups excluding carboxylic acids is 3. The van der Waals surface area contributed by atoms with Crippen molar-refractivity contribution in [3.8, 4) is 5.75 Å². The Morgan fingerprint density at radius 2 is 1.66 bits per heavy atom. The standard InChI is InChI=1S/C23H24N2O4/c1-5-16(4)29-19-8-6-17(7-9-19)13-20-21(26)24-23(28)25(22(20)27)18-11-14(2)10-15(3)12-18/h6-13,16H,5H2,1-4H3,(H,24,26,28)/b20-13+/t16-/m1/s1. The lowest BCUT2D eigenvalue weighted by Crippen LogP contribution is -2.54. The molecule has 1 atom stereocenters. The van der Waals surface area contributed by atoms with Crippen LogP contribution >= 0.6 is 0 Å². The van der Waals surface area contributed by atoms with Crippen molar-refractivity contribution in [1.82, 2.24) is 5.32 Å². The molecule has 0 unspecified atom stereocenters. The smallest absolute Gasteiger partial charge is 0.335 e. The van der Waals surface area contributed by atoms with Gasteiger partial charge in [-0.25, -0.2) is 9.69 Å². The molecule has 1 aliphatic heterocycles. The number of ether oxygens (including phenoxy) is 1. The molecule has 29 heavy (non-hydrogen) atoms. The van der Waals surface area contributed by atoms with Gasteiger partial charge in [0.2, 0.25) is 0 Å². The molecule has 2 aromatic rings. The van der Waals surface area contributed by atoms with Crippen LogP contribution in [0.25, 0.3) is 6.08 Å². The van der Waals surface area contributed by atoms with Gasteiger partial charge in [0.25, 0.3) is 11.8 Å². The second kappa shape index (κ2) is 8.31. The van der Waals surface area contributed by atoms with Gasteiger partial charge in [-0.05, 0) is 74.2 Å². The molecular weight excluding hydrogens is 368 g/mol. The van der Waals surface area contributed by atoms with Crippen molar-refractivity contribution in [3.63, 3.8) is 0 Å². The first-order valence-corrected chi connectivity index (χ1v) is 9.55. The number of benzene rings is 2. The number of urea groups is 1. The molecule has 1 fully saturated rings. The van der Waals surface area contributed by atoms with E-state index in [2.05, 4.69) is 5.32 Å². The fraction of sp³-hybridized carbons (Fsp3) is 0.261. The van der Waals surface area contributed by atoms with Crippen molar-refractivity contribution in [2.45, 2.75) is 40.2 Å². The molecule has 4 amide bonds. The summed E-state index contributed by atoms with van der Waals surface area (Å²) in [6, 6.07) is 11.8. The quantitative estimate of drug-likeness (QED) is 0.613. The fourth-order valence-corrected chi connectivity index (χ4v) is 3.10. The minimum absolute atomic E-state index is 0.0978. The number of barbiturate groups is 1. The molecule has 6 heteroatoms. The van der Waals surface area contributed by atoms with Crippen LogP contribution in [0, 0.1) is 13.8 Å². The van der Waals surface area contributed by atoms with Crippen molar-refractivity contribution in [1.29, 1.82) is 0 Å². The van der Waals surface area contributed by atoms with Gasteiger partial charge in [-0.15, -0.1) is 0 Å². The third-order valence-electron chi connectivity index (χ3n) is 4.67. The third kappa shape index (κ3) is 4.54. The van der Waals surface area contributed by atoms with Gasteiger partial charge in [-0.3, -0.25) is 14.9 Å². The van der Waals surface area contributed by atoms with Crippen molar-refractivity contribution in [3.05, 3.63) is 64.7 Å². The predicted octanol–water partition coefficient (Wildman–Crippen LogP) is 4.15. The fourth-order valence-electron chi connectivity index (χ4n) is 3.10. The van der Waals surface area contributed by atoms with Crippen LogP contribution in [-0.4, -0.2) is 23.9 Å². The maximum absolute atomic E-state index is 13.0. The zero-order chi connectivity index (χ0) is 21.1. The van der Waals surface area contributed by atoms with E-state index in [0.29, 0.717) is 17.0 Å². The summed E-state index contributed by atoms with van der Waals surface area (Å²) in [6.45, 7) is 7.79. The number of amides is 4. The molecule has 6 nitrogen and oxygen atoms in total. The molecular formula is C23H24N2O4. The highest BCUT2D eigenvalue weighted by molar-refractivity contribution is 6.39. The van der Waals surface area contributed by atoms with Gasteiger partial charge in [-0.1, -0.05) is 25.1 Å². The Morgan fingerprint density at radius 1 is 1.03 bits per heavy atom. The summed E-state index contributed by atoms with van der Waals surface area (Å²) in [5.74, 6) is -0.641. The highest BCUT2D eigenvalue weighted by atomic mass is 16.5. The van der Waals surface area contributed by atoms with Crippen molar-refractivity contribution < 1.29 is 19.1 Å². The zero-order valence-corrected chi connectivity index (χ0v) is 17.0. The van der Waals surface area contributed by atoms with Crippen LogP contribution in [0.4, 0.5) is 10.5 Å². The maximum Gasteiger partial charge on any atom is 0.335 e. The summed E-state index contributed by atoms with van der Waals surface area (Å²) < 4.78 is 5.74. The lowest BCUT2D eigenvalue weighted by molar-refractivity contribution is -0.122. The van der Waals surface area contributed by atoms with Crippen LogP contribution in [0.5, 0.6) is 5.75 Å².